The van der Waals surface area contributed by atoms with Gasteiger partial charge in [-0.1, -0.05) is 31.5 Å². The Hall–Kier alpha value is -1.15. The summed E-state index contributed by atoms with van der Waals surface area (Å²) in [5.74, 6) is 0.816. The Bertz CT molecular complexity index is 419. The lowest BCUT2D eigenvalue weighted by Gasteiger charge is -2.34. The maximum atomic E-state index is 12.2. The van der Waals surface area contributed by atoms with Crippen LogP contribution in [0.2, 0.25) is 0 Å². The van der Waals surface area contributed by atoms with Gasteiger partial charge in [0.15, 0.2) is 5.78 Å². The Morgan fingerprint density at radius 2 is 2.11 bits per heavy atom. The highest BCUT2D eigenvalue weighted by Gasteiger charge is 2.31. The van der Waals surface area contributed by atoms with Gasteiger partial charge in [-0.15, -0.1) is 0 Å². The van der Waals surface area contributed by atoms with Gasteiger partial charge in [0.1, 0.15) is 0 Å². The van der Waals surface area contributed by atoms with E-state index < -0.39 is 0 Å². The summed E-state index contributed by atoms with van der Waals surface area (Å²) in [4.78, 5) is 12.2. The third kappa shape index (κ3) is 3.90. The fourth-order valence-electron chi connectivity index (χ4n) is 2.78. The van der Waals surface area contributed by atoms with Crippen molar-refractivity contribution in [2.24, 2.45) is 5.92 Å². The summed E-state index contributed by atoms with van der Waals surface area (Å²) in [5.41, 5.74) is 2.15. The van der Waals surface area contributed by atoms with E-state index in [9.17, 15) is 4.79 Å². The zero-order chi connectivity index (χ0) is 13.7. The van der Waals surface area contributed by atoms with Crippen LogP contribution in [0.25, 0.3) is 0 Å². The summed E-state index contributed by atoms with van der Waals surface area (Å²) in [7, 11) is 0. The number of hydrogen-bond donors (Lipinski definition) is 0. The minimum Gasteiger partial charge on any atom is -0.378 e. The largest absolute Gasteiger partial charge is 0.378 e. The molecule has 0 atom stereocenters. The van der Waals surface area contributed by atoms with Gasteiger partial charge in [-0.05, 0) is 43.7 Å². The van der Waals surface area contributed by atoms with Crippen LogP contribution in [-0.2, 0) is 11.2 Å². The predicted octanol–water partition coefficient (Wildman–Crippen LogP) is 4.03. The first-order chi connectivity index (χ1) is 9.22. The average Bonchev–Trinajstić information content (AvgIpc) is 2.37. The second kappa shape index (κ2) is 6.85. The maximum absolute atomic E-state index is 12.2. The predicted molar refractivity (Wildman–Crippen MR) is 77.5 cm³/mol. The van der Waals surface area contributed by atoms with E-state index >= 15 is 0 Å². The Kier molecular flexibility index (Phi) is 5.15. The molecule has 0 spiro atoms. The summed E-state index contributed by atoms with van der Waals surface area (Å²) in [6.45, 7) is 4.97. The fourth-order valence-corrected chi connectivity index (χ4v) is 2.78. The van der Waals surface area contributed by atoms with Crippen LogP contribution in [0.3, 0.4) is 0 Å². The van der Waals surface area contributed by atoms with E-state index in [1.165, 1.54) is 5.56 Å². The molecule has 2 rings (SSSR count). The van der Waals surface area contributed by atoms with E-state index in [4.69, 9.17) is 4.74 Å². The summed E-state index contributed by atoms with van der Waals surface area (Å²) in [6, 6.07) is 8.11. The molecule has 0 aromatic heterocycles. The van der Waals surface area contributed by atoms with Crippen LogP contribution in [0.5, 0.6) is 0 Å². The molecule has 1 aromatic carbocycles. The van der Waals surface area contributed by atoms with Gasteiger partial charge < -0.3 is 4.74 Å². The minimum absolute atomic E-state index is 0.290. The van der Waals surface area contributed by atoms with Crippen LogP contribution in [0.15, 0.2) is 24.3 Å². The van der Waals surface area contributed by atoms with Gasteiger partial charge in [-0.2, -0.15) is 0 Å². The van der Waals surface area contributed by atoms with Crippen molar-refractivity contribution in [1.82, 2.24) is 0 Å². The van der Waals surface area contributed by atoms with E-state index in [0.717, 1.165) is 37.9 Å². The number of carbonyl (C=O) groups excluding carboxylic acids is 1. The van der Waals surface area contributed by atoms with Crippen molar-refractivity contribution in [2.75, 3.05) is 6.61 Å². The SMILES string of the molecule is CCCc1cccc(C(=O)CC2CC(OCC)C2)c1. The van der Waals surface area contributed by atoms with Crippen molar-refractivity contribution in [3.05, 3.63) is 35.4 Å². The Labute approximate surface area is 116 Å². The van der Waals surface area contributed by atoms with Crippen LogP contribution in [0.1, 0.15) is 55.5 Å². The van der Waals surface area contributed by atoms with Gasteiger partial charge in [0, 0.05) is 18.6 Å². The van der Waals surface area contributed by atoms with Gasteiger partial charge in [0.25, 0.3) is 0 Å². The minimum atomic E-state index is 0.290. The number of Topliss-reactive ketones (excluding diaryl/α,β-unsaturated/α-hetero) is 1. The molecule has 1 aliphatic carbocycles. The highest BCUT2D eigenvalue weighted by Crippen LogP contribution is 2.33. The van der Waals surface area contributed by atoms with Crippen molar-refractivity contribution in [3.63, 3.8) is 0 Å². The molecule has 104 valence electrons. The number of ether oxygens (including phenoxy) is 1. The lowest BCUT2D eigenvalue weighted by atomic mass is 9.78. The first-order valence-electron chi connectivity index (χ1n) is 7.46. The third-order valence-corrected chi connectivity index (χ3v) is 3.86. The first-order valence-corrected chi connectivity index (χ1v) is 7.46. The zero-order valence-corrected chi connectivity index (χ0v) is 12.0. The van der Waals surface area contributed by atoms with Crippen LogP contribution < -0.4 is 0 Å². The van der Waals surface area contributed by atoms with Gasteiger partial charge in [0.05, 0.1) is 6.10 Å². The molecular formula is C17H24O2. The molecule has 0 N–H and O–H groups in total. The van der Waals surface area contributed by atoms with Crippen LogP contribution in [-0.4, -0.2) is 18.5 Å². The van der Waals surface area contributed by atoms with E-state index in [0.29, 0.717) is 18.4 Å². The lowest BCUT2D eigenvalue weighted by molar-refractivity contribution is -0.0246. The monoisotopic (exact) mass is 260 g/mol. The molecule has 0 radical (unpaired) electrons. The molecule has 0 saturated heterocycles. The fraction of sp³-hybridized carbons (Fsp3) is 0.588. The number of rotatable bonds is 7. The number of carbonyl (C=O) groups is 1. The van der Waals surface area contributed by atoms with Crippen molar-refractivity contribution >= 4 is 5.78 Å². The standard InChI is InChI=1S/C17H24O2/c1-3-6-13-7-5-8-15(9-13)17(18)12-14-10-16(11-14)19-4-2/h5,7-9,14,16H,3-4,6,10-12H2,1-2H3. The molecule has 0 amide bonds. The van der Waals surface area contributed by atoms with Crippen LogP contribution in [0, 0.1) is 5.92 Å². The zero-order valence-electron chi connectivity index (χ0n) is 12.0. The summed E-state index contributed by atoms with van der Waals surface area (Å²) in [5, 5.41) is 0. The summed E-state index contributed by atoms with van der Waals surface area (Å²) in [6.07, 6.45) is 5.35. The molecule has 0 heterocycles. The van der Waals surface area contributed by atoms with Crippen molar-refractivity contribution in [2.45, 2.75) is 52.1 Å². The first kappa shape index (κ1) is 14.3. The van der Waals surface area contributed by atoms with E-state index in [1.807, 2.05) is 19.1 Å². The second-order valence-corrected chi connectivity index (χ2v) is 5.49. The smallest absolute Gasteiger partial charge is 0.163 e. The topological polar surface area (TPSA) is 26.3 Å². The molecule has 1 aromatic rings. The third-order valence-electron chi connectivity index (χ3n) is 3.86. The molecule has 0 bridgehead atoms. The lowest BCUT2D eigenvalue weighted by Crippen LogP contribution is -2.32. The summed E-state index contributed by atoms with van der Waals surface area (Å²) >= 11 is 0. The molecule has 2 nitrogen and oxygen atoms in total. The maximum Gasteiger partial charge on any atom is 0.163 e. The number of aryl methyl sites for hydroxylation is 1. The highest BCUT2D eigenvalue weighted by molar-refractivity contribution is 5.96. The molecule has 1 aliphatic rings. The molecule has 1 fully saturated rings. The summed E-state index contributed by atoms with van der Waals surface area (Å²) < 4.78 is 5.54. The van der Waals surface area contributed by atoms with Gasteiger partial charge in [0.2, 0.25) is 0 Å². The molecule has 1 saturated carbocycles. The Balaban J connectivity index is 1.85. The number of benzene rings is 1. The number of ketones is 1. The normalized spacial score (nSPS) is 22.0. The van der Waals surface area contributed by atoms with Crippen molar-refractivity contribution < 1.29 is 9.53 Å². The molecule has 0 unspecified atom stereocenters. The quantitative estimate of drug-likeness (QED) is 0.692. The van der Waals surface area contributed by atoms with Gasteiger partial charge >= 0.3 is 0 Å². The second-order valence-electron chi connectivity index (χ2n) is 5.49. The molecular weight excluding hydrogens is 236 g/mol. The van der Waals surface area contributed by atoms with Crippen LogP contribution in [0.4, 0.5) is 0 Å². The average molecular weight is 260 g/mol. The Morgan fingerprint density at radius 1 is 1.32 bits per heavy atom. The molecule has 19 heavy (non-hydrogen) atoms. The number of hydrogen-bond acceptors (Lipinski definition) is 2. The van der Waals surface area contributed by atoms with E-state index in [-0.39, 0.29) is 5.78 Å². The molecule has 2 heteroatoms. The van der Waals surface area contributed by atoms with Crippen molar-refractivity contribution in [1.29, 1.82) is 0 Å². The van der Waals surface area contributed by atoms with E-state index in [1.54, 1.807) is 0 Å². The van der Waals surface area contributed by atoms with Crippen molar-refractivity contribution in [3.8, 4) is 0 Å². The van der Waals surface area contributed by atoms with E-state index in [2.05, 4.69) is 19.1 Å². The Morgan fingerprint density at radius 3 is 2.79 bits per heavy atom. The van der Waals surface area contributed by atoms with Gasteiger partial charge in [-0.25, -0.2) is 0 Å². The van der Waals surface area contributed by atoms with Crippen LogP contribution >= 0.6 is 0 Å². The molecule has 0 aliphatic heterocycles. The van der Waals surface area contributed by atoms with Gasteiger partial charge in [-0.3, -0.25) is 4.79 Å². The highest BCUT2D eigenvalue weighted by atomic mass is 16.5.